The Morgan fingerprint density at radius 2 is 2.22 bits per heavy atom. The van der Waals surface area contributed by atoms with E-state index in [0.29, 0.717) is 23.0 Å². The lowest BCUT2D eigenvalue weighted by Gasteiger charge is -2.05. The van der Waals surface area contributed by atoms with Crippen molar-refractivity contribution in [2.75, 3.05) is 5.32 Å². The van der Waals surface area contributed by atoms with E-state index in [4.69, 9.17) is 11.6 Å². The van der Waals surface area contributed by atoms with Crippen LogP contribution in [0, 0.1) is 0 Å². The van der Waals surface area contributed by atoms with Crippen LogP contribution in [0.3, 0.4) is 0 Å². The molecule has 0 aromatic carbocycles. The topological polar surface area (TPSA) is 67.8 Å². The quantitative estimate of drug-likeness (QED) is 0.862. The van der Waals surface area contributed by atoms with Crippen molar-refractivity contribution >= 4 is 23.3 Å². The Kier molecular flexibility index (Phi) is 3.84. The van der Waals surface area contributed by atoms with E-state index in [0.717, 1.165) is 5.69 Å². The van der Waals surface area contributed by atoms with Crippen LogP contribution in [-0.4, -0.2) is 20.9 Å². The lowest BCUT2D eigenvalue weighted by molar-refractivity contribution is 0.102. The van der Waals surface area contributed by atoms with E-state index >= 15 is 0 Å². The SMILES string of the molecule is CCc1cc(C(=O)Nc2cnccn2)cc(Cl)n1. The third-order valence-corrected chi connectivity index (χ3v) is 2.47. The first-order chi connectivity index (χ1) is 8.69. The Hall–Kier alpha value is -2.01. The number of aryl methyl sites for hydroxylation is 1. The van der Waals surface area contributed by atoms with Crippen LogP contribution in [0.2, 0.25) is 5.15 Å². The Morgan fingerprint density at radius 3 is 2.89 bits per heavy atom. The number of rotatable bonds is 3. The number of carbonyl (C=O) groups excluding carboxylic acids is 1. The summed E-state index contributed by atoms with van der Waals surface area (Å²) in [5.41, 5.74) is 1.23. The second-order valence-electron chi connectivity index (χ2n) is 3.57. The molecule has 5 nitrogen and oxygen atoms in total. The molecule has 0 saturated carbocycles. The summed E-state index contributed by atoms with van der Waals surface area (Å²) in [5, 5.41) is 2.94. The molecule has 2 aromatic rings. The molecule has 6 heteroatoms. The highest BCUT2D eigenvalue weighted by atomic mass is 35.5. The van der Waals surface area contributed by atoms with Crippen LogP contribution in [0.4, 0.5) is 5.82 Å². The van der Waals surface area contributed by atoms with Crippen molar-refractivity contribution < 1.29 is 4.79 Å². The highest BCUT2D eigenvalue weighted by Gasteiger charge is 2.09. The summed E-state index contributed by atoms with van der Waals surface area (Å²) in [6.07, 6.45) is 5.23. The van der Waals surface area contributed by atoms with E-state index < -0.39 is 0 Å². The van der Waals surface area contributed by atoms with E-state index in [-0.39, 0.29) is 5.91 Å². The Balaban J connectivity index is 2.21. The number of hydrogen-bond acceptors (Lipinski definition) is 4. The van der Waals surface area contributed by atoms with Gasteiger partial charge in [-0.25, -0.2) is 9.97 Å². The van der Waals surface area contributed by atoms with Gasteiger partial charge in [-0.1, -0.05) is 18.5 Å². The molecule has 2 aromatic heterocycles. The van der Waals surface area contributed by atoms with Crippen molar-refractivity contribution in [1.82, 2.24) is 15.0 Å². The average Bonchev–Trinajstić information content (AvgIpc) is 2.39. The molecule has 0 aliphatic rings. The van der Waals surface area contributed by atoms with Crippen LogP contribution in [0.15, 0.2) is 30.7 Å². The van der Waals surface area contributed by atoms with Crippen LogP contribution in [0.1, 0.15) is 23.0 Å². The van der Waals surface area contributed by atoms with Gasteiger partial charge in [0.1, 0.15) is 5.15 Å². The number of hydrogen-bond donors (Lipinski definition) is 1. The maximum Gasteiger partial charge on any atom is 0.257 e. The summed E-state index contributed by atoms with van der Waals surface area (Å²) < 4.78 is 0. The summed E-state index contributed by atoms with van der Waals surface area (Å²) in [5.74, 6) is 0.114. The Morgan fingerprint density at radius 1 is 1.39 bits per heavy atom. The molecule has 0 aliphatic carbocycles. The minimum Gasteiger partial charge on any atom is -0.305 e. The van der Waals surface area contributed by atoms with Crippen molar-refractivity contribution in [1.29, 1.82) is 0 Å². The third kappa shape index (κ3) is 3.01. The molecular formula is C12H11ClN4O. The number of amides is 1. The third-order valence-electron chi connectivity index (χ3n) is 2.28. The van der Waals surface area contributed by atoms with Gasteiger partial charge in [0.25, 0.3) is 5.91 Å². The summed E-state index contributed by atoms with van der Waals surface area (Å²) in [7, 11) is 0. The standard InChI is InChI=1S/C12H11ClN4O/c1-2-9-5-8(6-10(13)16-9)12(18)17-11-7-14-3-4-15-11/h3-7H,2H2,1H3,(H,15,17,18). The smallest absolute Gasteiger partial charge is 0.257 e. The minimum absolute atomic E-state index is 0.283. The maximum atomic E-state index is 12.0. The normalized spacial score (nSPS) is 10.1. The second kappa shape index (κ2) is 5.55. The number of aromatic nitrogens is 3. The molecule has 2 rings (SSSR count). The van der Waals surface area contributed by atoms with Crippen molar-refractivity contribution in [3.8, 4) is 0 Å². The molecule has 0 fully saturated rings. The molecule has 0 radical (unpaired) electrons. The van der Waals surface area contributed by atoms with Crippen molar-refractivity contribution in [3.05, 3.63) is 47.1 Å². The van der Waals surface area contributed by atoms with E-state index in [9.17, 15) is 4.79 Å². The lowest BCUT2D eigenvalue weighted by atomic mass is 10.2. The molecule has 0 spiro atoms. The van der Waals surface area contributed by atoms with Crippen molar-refractivity contribution in [3.63, 3.8) is 0 Å². The van der Waals surface area contributed by atoms with Gasteiger partial charge >= 0.3 is 0 Å². The second-order valence-corrected chi connectivity index (χ2v) is 3.96. The van der Waals surface area contributed by atoms with Gasteiger partial charge in [0.15, 0.2) is 5.82 Å². The maximum absolute atomic E-state index is 12.0. The molecule has 0 saturated heterocycles. The fourth-order valence-corrected chi connectivity index (χ4v) is 1.64. The first-order valence-electron chi connectivity index (χ1n) is 5.43. The highest BCUT2D eigenvalue weighted by Crippen LogP contribution is 2.13. The van der Waals surface area contributed by atoms with E-state index in [1.807, 2.05) is 6.92 Å². The molecule has 1 amide bonds. The van der Waals surface area contributed by atoms with Crippen molar-refractivity contribution in [2.45, 2.75) is 13.3 Å². The predicted octanol–water partition coefficient (Wildman–Crippen LogP) is 2.34. The molecule has 0 bridgehead atoms. The Bertz CT molecular complexity index is 559. The number of pyridine rings is 1. The van der Waals surface area contributed by atoms with Crippen LogP contribution >= 0.6 is 11.6 Å². The molecule has 0 aliphatic heterocycles. The van der Waals surface area contributed by atoms with E-state index in [1.165, 1.54) is 24.7 Å². The van der Waals surface area contributed by atoms with Gasteiger partial charge in [0.2, 0.25) is 0 Å². The number of nitrogens with zero attached hydrogens (tertiary/aromatic N) is 3. The number of carbonyl (C=O) groups is 1. The molecular weight excluding hydrogens is 252 g/mol. The van der Waals surface area contributed by atoms with Crippen LogP contribution in [0.5, 0.6) is 0 Å². The van der Waals surface area contributed by atoms with Gasteiger partial charge in [-0.3, -0.25) is 9.78 Å². The van der Waals surface area contributed by atoms with Gasteiger partial charge in [0, 0.05) is 23.7 Å². The first kappa shape index (κ1) is 12.4. The molecule has 1 N–H and O–H groups in total. The minimum atomic E-state index is -0.283. The summed E-state index contributed by atoms with van der Waals surface area (Å²) >= 11 is 5.86. The molecule has 0 atom stereocenters. The van der Waals surface area contributed by atoms with Crippen molar-refractivity contribution in [2.24, 2.45) is 0 Å². The fraction of sp³-hybridized carbons (Fsp3) is 0.167. The lowest BCUT2D eigenvalue weighted by Crippen LogP contribution is -2.13. The largest absolute Gasteiger partial charge is 0.305 e. The van der Waals surface area contributed by atoms with Crippen LogP contribution in [0.25, 0.3) is 0 Å². The number of nitrogens with one attached hydrogen (secondary N) is 1. The molecule has 2 heterocycles. The van der Waals surface area contributed by atoms with Gasteiger partial charge in [-0.05, 0) is 18.6 Å². The predicted molar refractivity (Wildman–Crippen MR) is 68.6 cm³/mol. The molecule has 18 heavy (non-hydrogen) atoms. The zero-order chi connectivity index (χ0) is 13.0. The number of halogens is 1. The highest BCUT2D eigenvalue weighted by molar-refractivity contribution is 6.29. The zero-order valence-corrected chi connectivity index (χ0v) is 10.5. The summed E-state index contributed by atoms with van der Waals surface area (Å²) in [6.45, 7) is 1.95. The number of anilines is 1. The Labute approximate surface area is 109 Å². The van der Waals surface area contributed by atoms with E-state index in [1.54, 1.807) is 6.07 Å². The fourth-order valence-electron chi connectivity index (χ4n) is 1.42. The summed E-state index contributed by atoms with van der Waals surface area (Å²) in [4.78, 5) is 23.9. The summed E-state index contributed by atoms with van der Waals surface area (Å²) in [6, 6.07) is 3.23. The first-order valence-corrected chi connectivity index (χ1v) is 5.80. The zero-order valence-electron chi connectivity index (χ0n) is 9.72. The van der Waals surface area contributed by atoms with Gasteiger partial charge < -0.3 is 5.32 Å². The molecule has 92 valence electrons. The van der Waals surface area contributed by atoms with Crippen LogP contribution < -0.4 is 5.32 Å². The monoisotopic (exact) mass is 262 g/mol. The molecule has 0 unspecified atom stereocenters. The van der Waals surface area contributed by atoms with Crippen LogP contribution in [-0.2, 0) is 6.42 Å². The average molecular weight is 263 g/mol. The van der Waals surface area contributed by atoms with Gasteiger partial charge in [-0.2, -0.15) is 0 Å². The van der Waals surface area contributed by atoms with Gasteiger partial charge in [0.05, 0.1) is 6.20 Å². The van der Waals surface area contributed by atoms with E-state index in [2.05, 4.69) is 20.3 Å². The van der Waals surface area contributed by atoms with Gasteiger partial charge in [-0.15, -0.1) is 0 Å².